The molecule has 2 aromatic carbocycles. The largest absolute Gasteiger partial charge is 0.513 e. The van der Waals surface area contributed by atoms with Crippen LogP contribution in [0.4, 0.5) is 4.79 Å². The molecule has 0 spiro atoms. The molecule has 0 radical (unpaired) electrons. The summed E-state index contributed by atoms with van der Waals surface area (Å²) in [6, 6.07) is 11.5. The Hall–Kier alpha value is -3.75. The molecule has 1 saturated heterocycles. The molecular formula is C24H26N2O7. The fourth-order valence-corrected chi connectivity index (χ4v) is 3.81. The minimum Gasteiger partial charge on any atom is -0.454 e. The number of nitrogens with zero attached hydrogens (tertiary/aromatic N) is 1. The predicted octanol–water partition coefficient (Wildman–Crippen LogP) is 3.23. The van der Waals surface area contributed by atoms with E-state index in [1.54, 1.807) is 49.4 Å². The van der Waals surface area contributed by atoms with Crippen molar-refractivity contribution in [2.24, 2.45) is 5.92 Å². The average Bonchev–Trinajstić information content (AvgIpc) is 3.31. The highest BCUT2D eigenvalue weighted by atomic mass is 16.7. The number of likely N-dealkylation sites (tertiary alicyclic amines) is 1. The van der Waals surface area contributed by atoms with Crippen LogP contribution >= 0.6 is 0 Å². The van der Waals surface area contributed by atoms with Crippen molar-refractivity contribution in [1.29, 1.82) is 0 Å². The maximum atomic E-state index is 12.8. The van der Waals surface area contributed by atoms with E-state index in [9.17, 15) is 14.4 Å². The Bertz CT molecular complexity index is 1010. The van der Waals surface area contributed by atoms with Gasteiger partial charge in [0.1, 0.15) is 5.75 Å². The van der Waals surface area contributed by atoms with E-state index < -0.39 is 6.16 Å². The number of hydrogen-bond donors (Lipinski definition) is 1. The number of fused-ring (bicyclic) bond motifs is 1. The molecule has 9 nitrogen and oxygen atoms in total. The van der Waals surface area contributed by atoms with E-state index in [0.717, 1.165) is 12.8 Å². The summed E-state index contributed by atoms with van der Waals surface area (Å²) >= 11 is 0. The zero-order chi connectivity index (χ0) is 23.2. The highest BCUT2D eigenvalue weighted by molar-refractivity contribution is 5.95. The Labute approximate surface area is 191 Å². The van der Waals surface area contributed by atoms with Gasteiger partial charge in [-0.05, 0) is 68.1 Å². The molecule has 0 aliphatic carbocycles. The smallest absolute Gasteiger partial charge is 0.454 e. The lowest BCUT2D eigenvalue weighted by atomic mass is 9.96. The normalized spacial score (nSPS) is 15.1. The van der Waals surface area contributed by atoms with E-state index in [1.807, 2.05) is 4.90 Å². The molecule has 0 bridgehead atoms. The summed E-state index contributed by atoms with van der Waals surface area (Å²) in [5.74, 6) is 1.63. The summed E-state index contributed by atoms with van der Waals surface area (Å²) in [6.45, 7) is 3.89. The highest BCUT2D eigenvalue weighted by Gasteiger charge is 2.25. The van der Waals surface area contributed by atoms with Crippen molar-refractivity contribution < 1.29 is 33.3 Å². The van der Waals surface area contributed by atoms with Gasteiger partial charge in [0.15, 0.2) is 11.5 Å². The van der Waals surface area contributed by atoms with Gasteiger partial charge in [0, 0.05) is 30.8 Å². The third kappa shape index (κ3) is 5.54. The van der Waals surface area contributed by atoms with Crippen LogP contribution in [0.25, 0.3) is 0 Å². The minimum absolute atomic E-state index is 0.0269. The van der Waals surface area contributed by atoms with Crippen LogP contribution in [0, 0.1) is 5.92 Å². The van der Waals surface area contributed by atoms with E-state index in [2.05, 4.69) is 5.32 Å². The monoisotopic (exact) mass is 454 g/mol. The van der Waals surface area contributed by atoms with Crippen molar-refractivity contribution in [3.63, 3.8) is 0 Å². The van der Waals surface area contributed by atoms with Crippen LogP contribution in [0.1, 0.15) is 40.5 Å². The molecule has 2 heterocycles. The first-order valence-electron chi connectivity index (χ1n) is 10.9. The molecule has 2 aromatic rings. The second-order valence-electron chi connectivity index (χ2n) is 7.82. The highest BCUT2D eigenvalue weighted by Crippen LogP contribution is 2.33. The zero-order valence-corrected chi connectivity index (χ0v) is 18.4. The molecule has 33 heavy (non-hydrogen) atoms. The second-order valence-corrected chi connectivity index (χ2v) is 7.82. The van der Waals surface area contributed by atoms with Crippen LogP contribution in [0.3, 0.4) is 0 Å². The van der Waals surface area contributed by atoms with Crippen LogP contribution in [-0.2, 0) is 4.74 Å². The molecule has 174 valence electrons. The summed E-state index contributed by atoms with van der Waals surface area (Å²) in [5.41, 5.74) is 1.06. The summed E-state index contributed by atoms with van der Waals surface area (Å²) < 4.78 is 20.4. The van der Waals surface area contributed by atoms with Gasteiger partial charge in [-0.3, -0.25) is 9.59 Å². The van der Waals surface area contributed by atoms with Gasteiger partial charge in [-0.2, -0.15) is 0 Å². The van der Waals surface area contributed by atoms with Crippen molar-refractivity contribution in [2.75, 3.05) is 33.0 Å². The number of carbonyl (C=O) groups is 3. The minimum atomic E-state index is -0.780. The van der Waals surface area contributed by atoms with Gasteiger partial charge in [0.05, 0.1) is 6.61 Å². The Balaban J connectivity index is 1.22. The number of hydrogen-bond acceptors (Lipinski definition) is 7. The van der Waals surface area contributed by atoms with Gasteiger partial charge in [0.2, 0.25) is 6.79 Å². The average molecular weight is 454 g/mol. The quantitative estimate of drug-likeness (QED) is 0.528. The molecule has 4 rings (SSSR count). The van der Waals surface area contributed by atoms with Gasteiger partial charge in [-0.25, -0.2) is 4.79 Å². The Morgan fingerprint density at radius 1 is 1.00 bits per heavy atom. The first kappa shape index (κ1) is 22.4. The number of nitrogens with one attached hydrogen (secondary N) is 1. The molecule has 0 aromatic heterocycles. The van der Waals surface area contributed by atoms with E-state index in [1.165, 1.54) is 0 Å². The Morgan fingerprint density at radius 3 is 2.42 bits per heavy atom. The molecule has 0 saturated carbocycles. The summed E-state index contributed by atoms with van der Waals surface area (Å²) in [5, 5.41) is 2.95. The van der Waals surface area contributed by atoms with Gasteiger partial charge in [-0.15, -0.1) is 0 Å². The zero-order valence-electron chi connectivity index (χ0n) is 18.4. The summed E-state index contributed by atoms with van der Waals surface area (Å²) in [7, 11) is 0. The predicted molar refractivity (Wildman–Crippen MR) is 118 cm³/mol. The summed E-state index contributed by atoms with van der Waals surface area (Å²) in [6.07, 6.45) is 0.837. The summed E-state index contributed by atoms with van der Waals surface area (Å²) in [4.78, 5) is 38.4. The maximum absolute atomic E-state index is 12.8. The standard InChI is InChI=1S/C24H26N2O7/c1-2-30-24(29)33-19-6-3-17(4-7-19)22(27)25-14-16-9-11-26(12-10-16)23(28)18-5-8-20-21(13-18)32-15-31-20/h3-8,13,16H,2,9-12,14-15H2,1H3,(H,25,27). The third-order valence-corrected chi connectivity index (χ3v) is 5.65. The fraction of sp³-hybridized carbons (Fsp3) is 0.375. The molecule has 1 fully saturated rings. The van der Waals surface area contributed by atoms with Crippen molar-refractivity contribution in [2.45, 2.75) is 19.8 Å². The van der Waals surface area contributed by atoms with Crippen molar-refractivity contribution >= 4 is 18.0 Å². The number of ether oxygens (including phenoxy) is 4. The molecule has 9 heteroatoms. The lowest BCUT2D eigenvalue weighted by Crippen LogP contribution is -2.41. The van der Waals surface area contributed by atoms with Crippen molar-refractivity contribution in [3.8, 4) is 17.2 Å². The van der Waals surface area contributed by atoms with Crippen LogP contribution in [0.2, 0.25) is 0 Å². The lowest BCUT2D eigenvalue weighted by Gasteiger charge is -2.32. The third-order valence-electron chi connectivity index (χ3n) is 5.65. The lowest BCUT2D eigenvalue weighted by molar-refractivity contribution is 0.0683. The first-order chi connectivity index (χ1) is 16.0. The molecule has 2 amide bonds. The van der Waals surface area contributed by atoms with E-state index in [0.29, 0.717) is 53.9 Å². The van der Waals surface area contributed by atoms with E-state index >= 15 is 0 Å². The molecule has 0 unspecified atom stereocenters. The first-order valence-corrected chi connectivity index (χ1v) is 10.9. The maximum Gasteiger partial charge on any atom is 0.513 e. The van der Waals surface area contributed by atoms with Crippen molar-refractivity contribution in [1.82, 2.24) is 10.2 Å². The van der Waals surface area contributed by atoms with E-state index in [4.69, 9.17) is 18.9 Å². The topological polar surface area (TPSA) is 103 Å². The molecule has 1 N–H and O–H groups in total. The van der Waals surface area contributed by atoms with Gasteiger partial charge in [0.25, 0.3) is 11.8 Å². The van der Waals surface area contributed by atoms with Gasteiger partial charge in [-0.1, -0.05) is 0 Å². The molecule has 2 aliphatic rings. The number of rotatable bonds is 6. The van der Waals surface area contributed by atoms with Crippen LogP contribution in [0.5, 0.6) is 17.2 Å². The number of amides is 2. The van der Waals surface area contributed by atoms with Crippen LogP contribution in [-0.4, -0.2) is 55.9 Å². The van der Waals surface area contributed by atoms with Crippen LogP contribution < -0.4 is 19.5 Å². The number of piperidine rings is 1. The van der Waals surface area contributed by atoms with Crippen molar-refractivity contribution in [3.05, 3.63) is 53.6 Å². The van der Waals surface area contributed by atoms with Gasteiger partial charge >= 0.3 is 6.16 Å². The molecule has 0 atom stereocenters. The second kappa shape index (κ2) is 10.2. The SMILES string of the molecule is CCOC(=O)Oc1ccc(C(=O)NCC2CCN(C(=O)c3ccc4c(c3)OCO4)CC2)cc1. The fourth-order valence-electron chi connectivity index (χ4n) is 3.81. The Morgan fingerprint density at radius 2 is 1.70 bits per heavy atom. The van der Waals surface area contributed by atoms with Gasteiger partial charge < -0.3 is 29.2 Å². The van der Waals surface area contributed by atoms with E-state index in [-0.39, 0.29) is 25.2 Å². The molecular weight excluding hydrogens is 428 g/mol. The van der Waals surface area contributed by atoms with Crippen LogP contribution in [0.15, 0.2) is 42.5 Å². The molecule has 2 aliphatic heterocycles. The number of carbonyl (C=O) groups excluding carboxylic acids is 3. The Kier molecular flexibility index (Phi) is 6.97. The number of benzene rings is 2.